The standard InChI is InChI=1S/C26H31F3N6O3/c1-34-11-15(10-31-34)22-20-17(21(27)24(33-22)32-18-5-4-8-26(28,29)23(18)30)13-35(25(20)36)12-14-6-7-16(37-2)9-19(14)38-3/h6-7,9-10,15,18,23H,4-5,8,11-13,30H2,1-3H3,(H,32,33). The maximum Gasteiger partial charge on any atom is 0.264 e. The van der Waals surface area contributed by atoms with Crippen molar-refractivity contribution in [2.45, 2.75) is 56.3 Å². The molecule has 38 heavy (non-hydrogen) atoms. The number of rotatable bonds is 7. The first kappa shape index (κ1) is 26.1. The molecule has 0 saturated heterocycles. The third-order valence-electron chi connectivity index (χ3n) is 7.49. The highest BCUT2D eigenvalue weighted by Crippen LogP contribution is 2.39. The minimum Gasteiger partial charge on any atom is -0.497 e. The highest BCUT2D eigenvalue weighted by molar-refractivity contribution is 6.01. The molecule has 2 aliphatic heterocycles. The second kappa shape index (κ2) is 9.97. The van der Waals surface area contributed by atoms with Gasteiger partial charge in [0.15, 0.2) is 11.6 Å². The van der Waals surface area contributed by atoms with Crippen molar-refractivity contribution in [3.8, 4) is 11.5 Å². The molecule has 204 valence electrons. The molecule has 1 amide bonds. The molecular formula is C26H31F3N6O3. The number of benzene rings is 1. The Balaban J connectivity index is 1.50. The average Bonchev–Trinajstić information content (AvgIpc) is 3.47. The Morgan fingerprint density at radius 2 is 2.05 bits per heavy atom. The third kappa shape index (κ3) is 4.61. The number of likely N-dealkylation sites (N-methyl/N-ethyl adjacent to an activating group) is 1. The number of alkyl halides is 2. The summed E-state index contributed by atoms with van der Waals surface area (Å²) in [6.45, 7) is 0.609. The molecule has 3 unspecified atom stereocenters. The van der Waals surface area contributed by atoms with E-state index in [1.807, 2.05) is 0 Å². The lowest BCUT2D eigenvalue weighted by Crippen LogP contribution is -2.55. The van der Waals surface area contributed by atoms with Crippen LogP contribution in [0.15, 0.2) is 23.3 Å². The number of hydrazone groups is 1. The summed E-state index contributed by atoms with van der Waals surface area (Å²) < 4.78 is 55.2. The zero-order valence-corrected chi connectivity index (χ0v) is 21.5. The van der Waals surface area contributed by atoms with Crippen LogP contribution in [0.2, 0.25) is 0 Å². The molecule has 3 N–H and O–H groups in total. The van der Waals surface area contributed by atoms with Gasteiger partial charge in [0.25, 0.3) is 11.8 Å². The molecule has 1 aromatic heterocycles. The van der Waals surface area contributed by atoms with E-state index < -0.39 is 23.8 Å². The molecule has 0 spiro atoms. The number of amides is 1. The van der Waals surface area contributed by atoms with Crippen LogP contribution in [0.1, 0.15) is 52.4 Å². The van der Waals surface area contributed by atoms with Crippen molar-refractivity contribution in [3.63, 3.8) is 0 Å². The van der Waals surface area contributed by atoms with Crippen LogP contribution in [-0.4, -0.2) is 72.8 Å². The predicted octanol–water partition coefficient (Wildman–Crippen LogP) is 3.34. The van der Waals surface area contributed by atoms with E-state index in [4.69, 9.17) is 15.2 Å². The highest BCUT2D eigenvalue weighted by atomic mass is 19.3. The van der Waals surface area contributed by atoms with Crippen molar-refractivity contribution in [1.82, 2.24) is 14.9 Å². The lowest BCUT2D eigenvalue weighted by atomic mass is 9.87. The van der Waals surface area contributed by atoms with Crippen LogP contribution >= 0.6 is 0 Å². The number of nitrogens with one attached hydrogen (secondary N) is 1. The van der Waals surface area contributed by atoms with Crippen LogP contribution < -0.4 is 20.5 Å². The van der Waals surface area contributed by atoms with E-state index in [0.29, 0.717) is 30.2 Å². The van der Waals surface area contributed by atoms with E-state index in [-0.39, 0.29) is 54.7 Å². The number of nitrogens with zero attached hydrogens (tertiary/aromatic N) is 4. The summed E-state index contributed by atoms with van der Waals surface area (Å²) in [4.78, 5) is 19.6. The van der Waals surface area contributed by atoms with Gasteiger partial charge in [0.1, 0.15) is 11.5 Å². The van der Waals surface area contributed by atoms with Crippen molar-refractivity contribution >= 4 is 17.9 Å². The van der Waals surface area contributed by atoms with Gasteiger partial charge in [-0.15, -0.1) is 0 Å². The predicted molar refractivity (Wildman–Crippen MR) is 135 cm³/mol. The molecule has 9 nitrogen and oxygen atoms in total. The number of pyridine rings is 1. The summed E-state index contributed by atoms with van der Waals surface area (Å²) in [5.41, 5.74) is 7.30. The van der Waals surface area contributed by atoms with Gasteiger partial charge >= 0.3 is 0 Å². The maximum atomic E-state index is 15.9. The SMILES string of the molecule is COc1ccc(CN2Cc3c(F)c(NC4CCCC(F)(F)C4N)nc(C4C=NN(C)C4)c3C2=O)c(OC)c1. The van der Waals surface area contributed by atoms with Gasteiger partial charge in [-0.3, -0.25) is 9.80 Å². The number of halogens is 3. The second-order valence-electron chi connectivity index (χ2n) is 9.99. The zero-order valence-electron chi connectivity index (χ0n) is 21.5. The van der Waals surface area contributed by atoms with Crippen LogP contribution in [0.25, 0.3) is 0 Å². The number of hydrogen-bond donors (Lipinski definition) is 2. The van der Waals surface area contributed by atoms with E-state index in [2.05, 4.69) is 15.4 Å². The molecule has 1 fully saturated rings. The highest BCUT2D eigenvalue weighted by Gasteiger charge is 2.45. The summed E-state index contributed by atoms with van der Waals surface area (Å²) in [7, 11) is 4.85. The number of carbonyl (C=O) groups is 1. The Kier molecular flexibility index (Phi) is 6.84. The molecule has 1 saturated carbocycles. The van der Waals surface area contributed by atoms with Crippen molar-refractivity contribution in [2.75, 3.05) is 33.1 Å². The van der Waals surface area contributed by atoms with Gasteiger partial charge in [-0.05, 0) is 25.0 Å². The molecule has 12 heteroatoms. The quantitative estimate of drug-likeness (QED) is 0.564. The van der Waals surface area contributed by atoms with Gasteiger partial charge in [-0.2, -0.15) is 5.10 Å². The monoisotopic (exact) mass is 532 g/mol. The fourth-order valence-electron chi connectivity index (χ4n) is 5.39. The van der Waals surface area contributed by atoms with Crippen molar-refractivity contribution in [3.05, 3.63) is 46.4 Å². The summed E-state index contributed by atoms with van der Waals surface area (Å²) in [6.07, 6.45) is 1.97. The molecule has 5 rings (SSSR count). The molecule has 3 heterocycles. The minimum atomic E-state index is -3.06. The van der Waals surface area contributed by atoms with E-state index in [0.717, 1.165) is 5.56 Å². The van der Waals surface area contributed by atoms with Crippen LogP contribution in [0.5, 0.6) is 11.5 Å². The Hall–Kier alpha value is -3.54. The topological polar surface area (TPSA) is 105 Å². The fourth-order valence-corrected chi connectivity index (χ4v) is 5.39. The third-order valence-corrected chi connectivity index (χ3v) is 7.49. The largest absolute Gasteiger partial charge is 0.497 e. The van der Waals surface area contributed by atoms with Gasteiger partial charge in [0, 0.05) is 56.0 Å². The number of fused-ring (bicyclic) bond motifs is 1. The first-order chi connectivity index (χ1) is 18.1. The van der Waals surface area contributed by atoms with Crippen LogP contribution in [0, 0.1) is 5.82 Å². The van der Waals surface area contributed by atoms with Gasteiger partial charge in [-0.1, -0.05) is 0 Å². The Morgan fingerprint density at radius 1 is 1.26 bits per heavy atom. The summed E-state index contributed by atoms with van der Waals surface area (Å²) in [5.74, 6) is -3.55. The number of aromatic nitrogens is 1. The van der Waals surface area contributed by atoms with Gasteiger partial charge in [0.05, 0.1) is 44.0 Å². The molecule has 1 aromatic carbocycles. The second-order valence-corrected chi connectivity index (χ2v) is 9.99. The number of anilines is 1. The van der Waals surface area contributed by atoms with Gasteiger partial charge in [-0.25, -0.2) is 18.2 Å². The number of hydrogen-bond acceptors (Lipinski definition) is 8. The first-order valence-corrected chi connectivity index (χ1v) is 12.5. The van der Waals surface area contributed by atoms with Crippen LogP contribution in [0.4, 0.5) is 19.0 Å². The molecule has 3 aliphatic rings. The minimum absolute atomic E-state index is 0.00797. The van der Waals surface area contributed by atoms with Crippen molar-refractivity contribution in [1.29, 1.82) is 0 Å². The summed E-state index contributed by atoms with van der Waals surface area (Å²) >= 11 is 0. The number of methoxy groups -OCH3 is 2. The van der Waals surface area contributed by atoms with Gasteiger partial charge in [0.2, 0.25) is 0 Å². The maximum absolute atomic E-state index is 15.9. The van der Waals surface area contributed by atoms with E-state index in [9.17, 15) is 13.6 Å². The first-order valence-electron chi connectivity index (χ1n) is 12.5. The van der Waals surface area contributed by atoms with Crippen LogP contribution in [0.3, 0.4) is 0 Å². The van der Waals surface area contributed by atoms with Gasteiger partial charge < -0.3 is 25.4 Å². The zero-order chi connectivity index (χ0) is 27.2. The van der Waals surface area contributed by atoms with E-state index in [1.54, 1.807) is 43.6 Å². The van der Waals surface area contributed by atoms with Crippen molar-refractivity contribution < 1.29 is 27.4 Å². The van der Waals surface area contributed by atoms with E-state index in [1.165, 1.54) is 12.0 Å². The lowest BCUT2D eigenvalue weighted by Gasteiger charge is -2.36. The van der Waals surface area contributed by atoms with E-state index >= 15 is 4.39 Å². The number of carbonyl (C=O) groups excluding carboxylic acids is 1. The lowest BCUT2D eigenvalue weighted by molar-refractivity contribution is -0.0555. The summed E-state index contributed by atoms with van der Waals surface area (Å²) in [6, 6.07) is 2.93. The number of nitrogens with two attached hydrogens (primary N) is 1. The Morgan fingerprint density at radius 3 is 2.74 bits per heavy atom. The Labute approximate surface area is 218 Å². The molecular weight excluding hydrogens is 501 g/mol. The average molecular weight is 533 g/mol. The smallest absolute Gasteiger partial charge is 0.264 e. The number of ether oxygens (including phenoxy) is 2. The summed E-state index contributed by atoms with van der Waals surface area (Å²) in [5, 5.41) is 8.81. The Bertz CT molecular complexity index is 1270. The fraction of sp³-hybridized carbons (Fsp3) is 0.500. The molecule has 0 bridgehead atoms. The molecule has 1 aliphatic carbocycles. The molecule has 2 aromatic rings. The van der Waals surface area contributed by atoms with Crippen molar-refractivity contribution in [2.24, 2.45) is 10.8 Å². The van der Waals surface area contributed by atoms with Crippen LogP contribution in [-0.2, 0) is 13.1 Å². The molecule has 0 radical (unpaired) electrons. The molecule has 3 atom stereocenters. The normalized spacial score (nSPS) is 24.1.